The zero-order valence-corrected chi connectivity index (χ0v) is 13.3. The van der Waals surface area contributed by atoms with Gasteiger partial charge in [-0.1, -0.05) is 6.07 Å². The number of pyridine rings is 1. The van der Waals surface area contributed by atoms with E-state index in [9.17, 15) is 14.0 Å². The number of benzene rings is 1. The summed E-state index contributed by atoms with van der Waals surface area (Å²) in [5.41, 5.74) is 2.76. The standard InChI is InChI=1S/C16H18FN3O4/c1-10-3-5-13(12(17)9-10)18-15-11(4-6-14(22)20(15)2)16(23)19-24-8-7-21/h3-6,9,18,21H,7-8H2,1-2H3,(H,19,23). The lowest BCUT2D eigenvalue weighted by Gasteiger charge is -2.16. The lowest BCUT2D eigenvalue weighted by atomic mass is 10.2. The zero-order valence-electron chi connectivity index (χ0n) is 13.3. The van der Waals surface area contributed by atoms with Crippen LogP contribution in [0.2, 0.25) is 0 Å². The van der Waals surface area contributed by atoms with Gasteiger partial charge in [-0.25, -0.2) is 9.87 Å². The zero-order chi connectivity index (χ0) is 17.7. The van der Waals surface area contributed by atoms with Crippen molar-refractivity contribution in [1.29, 1.82) is 0 Å². The van der Waals surface area contributed by atoms with E-state index >= 15 is 0 Å². The van der Waals surface area contributed by atoms with Gasteiger partial charge in [0, 0.05) is 13.1 Å². The molecule has 0 aliphatic heterocycles. The second-order valence-corrected chi connectivity index (χ2v) is 5.10. The molecular formula is C16H18FN3O4. The van der Waals surface area contributed by atoms with E-state index in [2.05, 4.69) is 10.8 Å². The minimum atomic E-state index is -0.630. The molecule has 0 saturated heterocycles. The average molecular weight is 335 g/mol. The van der Waals surface area contributed by atoms with Gasteiger partial charge in [0.1, 0.15) is 11.6 Å². The Kier molecular flexibility index (Phi) is 5.67. The normalized spacial score (nSPS) is 10.5. The lowest BCUT2D eigenvalue weighted by molar-refractivity contribution is 0.0168. The summed E-state index contributed by atoms with van der Waals surface area (Å²) in [6.45, 7) is 1.42. The first-order valence-electron chi connectivity index (χ1n) is 7.20. The van der Waals surface area contributed by atoms with Gasteiger partial charge in [0.2, 0.25) is 0 Å². The fraction of sp³-hybridized carbons (Fsp3) is 0.250. The van der Waals surface area contributed by atoms with Crippen molar-refractivity contribution < 1.29 is 19.1 Å². The topological polar surface area (TPSA) is 92.6 Å². The van der Waals surface area contributed by atoms with Gasteiger partial charge in [-0.15, -0.1) is 0 Å². The maximum Gasteiger partial charge on any atom is 0.278 e. The summed E-state index contributed by atoms with van der Waals surface area (Å²) in [5, 5.41) is 11.4. The van der Waals surface area contributed by atoms with Crippen LogP contribution in [0.1, 0.15) is 15.9 Å². The summed E-state index contributed by atoms with van der Waals surface area (Å²) in [6.07, 6.45) is 0. The van der Waals surface area contributed by atoms with Gasteiger partial charge in [-0.3, -0.25) is 19.0 Å². The number of nitrogens with one attached hydrogen (secondary N) is 2. The maximum absolute atomic E-state index is 14.0. The fourth-order valence-corrected chi connectivity index (χ4v) is 2.04. The first-order valence-corrected chi connectivity index (χ1v) is 7.20. The van der Waals surface area contributed by atoms with Crippen molar-refractivity contribution in [1.82, 2.24) is 10.0 Å². The van der Waals surface area contributed by atoms with E-state index in [1.165, 1.54) is 35.9 Å². The molecule has 8 heteroatoms. The monoisotopic (exact) mass is 335 g/mol. The minimum Gasteiger partial charge on any atom is -0.394 e. The second kappa shape index (κ2) is 7.71. The molecule has 1 aromatic carbocycles. The number of carbonyl (C=O) groups is 1. The predicted molar refractivity (Wildman–Crippen MR) is 86.6 cm³/mol. The van der Waals surface area contributed by atoms with Crippen molar-refractivity contribution in [2.45, 2.75) is 6.92 Å². The number of rotatable bonds is 6. The highest BCUT2D eigenvalue weighted by Gasteiger charge is 2.16. The van der Waals surface area contributed by atoms with Crippen LogP contribution in [0.4, 0.5) is 15.9 Å². The molecule has 0 radical (unpaired) electrons. The molecule has 1 amide bonds. The molecule has 0 unspecified atom stereocenters. The van der Waals surface area contributed by atoms with Crippen LogP contribution in [0.15, 0.2) is 35.1 Å². The van der Waals surface area contributed by atoms with Crippen molar-refractivity contribution in [3.63, 3.8) is 0 Å². The molecule has 0 saturated carbocycles. The summed E-state index contributed by atoms with van der Waals surface area (Å²) >= 11 is 0. The van der Waals surface area contributed by atoms with Crippen molar-refractivity contribution in [2.24, 2.45) is 7.05 Å². The third kappa shape index (κ3) is 3.98. The van der Waals surface area contributed by atoms with E-state index in [1.807, 2.05) is 0 Å². The van der Waals surface area contributed by atoms with Gasteiger partial charge >= 0.3 is 0 Å². The molecule has 0 fully saturated rings. The predicted octanol–water partition coefficient (Wildman–Crippen LogP) is 1.23. The number of halogens is 1. The molecule has 0 aliphatic carbocycles. The number of hydrogen-bond acceptors (Lipinski definition) is 5. The molecule has 0 aliphatic rings. The number of hydroxylamine groups is 1. The molecule has 1 aromatic heterocycles. The summed E-state index contributed by atoms with van der Waals surface area (Å²) in [4.78, 5) is 28.8. The number of carbonyl (C=O) groups excluding carboxylic acids is 1. The highest BCUT2D eigenvalue weighted by Crippen LogP contribution is 2.22. The highest BCUT2D eigenvalue weighted by molar-refractivity contribution is 5.98. The first kappa shape index (κ1) is 17.6. The molecular weight excluding hydrogens is 317 g/mol. The van der Waals surface area contributed by atoms with Gasteiger partial charge in [0.15, 0.2) is 0 Å². The van der Waals surface area contributed by atoms with E-state index in [4.69, 9.17) is 9.94 Å². The molecule has 0 spiro atoms. The molecule has 128 valence electrons. The number of aliphatic hydroxyl groups is 1. The third-order valence-electron chi connectivity index (χ3n) is 3.29. The van der Waals surface area contributed by atoms with Crippen LogP contribution >= 0.6 is 0 Å². The number of aromatic nitrogens is 1. The number of aryl methyl sites for hydroxylation is 1. The van der Waals surface area contributed by atoms with Gasteiger partial charge in [0.05, 0.1) is 24.5 Å². The summed E-state index contributed by atoms with van der Waals surface area (Å²) in [6, 6.07) is 7.10. The molecule has 2 rings (SSSR count). The van der Waals surface area contributed by atoms with Gasteiger partial charge < -0.3 is 10.4 Å². The number of nitrogens with zero attached hydrogens (tertiary/aromatic N) is 1. The summed E-state index contributed by atoms with van der Waals surface area (Å²) < 4.78 is 15.2. The van der Waals surface area contributed by atoms with E-state index in [-0.39, 0.29) is 35.8 Å². The van der Waals surface area contributed by atoms with Crippen LogP contribution in [0.25, 0.3) is 0 Å². The van der Waals surface area contributed by atoms with Crippen LogP contribution in [0, 0.1) is 12.7 Å². The van der Waals surface area contributed by atoms with Crippen LogP contribution in [-0.2, 0) is 11.9 Å². The van der Waals surface area contributed by atoms with Gasteiger partial charge in [-0.05, 0) is 30.7 Å². The molecule has 0 atom stereocenters. The van der Waals surface area contributed by atoms with Gasteiger partial charge in [0.25, 0.3) is 11.5 Å². The summed E-state index contributed by atoms with van der Waals surface area (Å²) in [7, 11) is 1.46. The van der Waals surface area contributed by atoms with Crippen LogP contribution in [-0.4, -0.2) is 28.8 Å². The number of amides is 1. The Hall–Kier alpha value is -2.71. The molecule has 0 bridgehead atoms. The van der Waals surface area contributed by atoms with E-state index in [1.54, 1.807) is 13.0 Å². The second-order valence-electron chi connectivity index (χ2n) is 5.10. The molecule has 3 N–H and O–H groups in total. The van der Waals surface area contributed by atoms with Crippen molar-refractivity contribution in [3.8, 4) is 0 Å². The largest absolute Gasteiger partial charge is 0.394 e. The van der Waals surface area contributed by atoms with E-state index in [0.29, 0.717) is 0 Å². The average Bonchev–Trinajstić information content (AvgIpc) is 2.54. The molecule has 1 heterocycles. The molecule has 7 nitrogen and oxygen atoms in total. The van der Waals surface area contributed by atoms with E-state index in [0.717, 1.165) is 5.56 Å². The first-order chi connectivity index (χ1) is 11.4. The maximum atomic E-state index is 14.0. The van der Waals surface area contributed by atoms with E-state index < -0.39 is 11.7 Å². The Morgan fingerprint density at radius 2 is 2.08 bits per heavy atom. The Labute approximate surface area is 137 Å². The van der Waals surface area contributed by atoms with Crippen molar-refractivity contribution in [2.75, 3.05) is 18.5 Å². The lowest BCUT2D eigenvalue weighted by Crippen LogP contribution is -2.29. The molecule has 24 heavy (non-hydrogen) atoms. The highest BCUT2D eigenvalue weighted by atomic mass is 19.1. The van der Waals surface area contributed by atoms with Crippen molar-refractivity contribution >= 4 is 17.4 Å². The third-order valence-corrected chi connectivity index (χ3v) is 3.29. The van der Waals surface area contributed by atoms with Crippen molar-refractivity contribution in [3.05, 3.63) is 57.6 Å². The fourth-order valence-electron chi connectivity index (χ4n) is 2.04. The Balaban J connectivity index is 2.38. The smallest absolute Gasteiger partial charge is 0.278 e. The SMILES string of the molecule is Cc1ccc(Nc2c(C(=O)NOCCO)ccc(=O)n2C)c(F)c1. The van der Waals surface area contributed by atoms with Crippen LogP contribution in [0.3, 0.4) is 0 Å². The van der Waals surface area contributed by atoms with Crippen LogP contribution in [0.5, 0.6) is 0 Å². The quantitative estimate of drug-likeness (QED) is 0.545. The van der Waals surface area contributed by atoms with Crippen LogP contribution < -0.4 is 16.4 Å². The summed E-state index contributed by atoms with van der Waals surface area (Å²) in [5.74, 6) is -1.02. The molecule has 2 aromatic rings. The number of hydrogen-bond donors (Lipinski definition) is 3. The Morgan fingerprint density at radius 3 is 2.75 bits per heavy atom. The number of aliphatic hydroxyl groups excluding tert-OH is 1. The van der Waals surface area contributed by atoms with Gasteiger partial charge in [-0.2, -0.15) is 0 Å². The Bertz CT molecular complexity index is 804. The number of anilines is 2. The Morgan fingerprint density at radius 1 is 1.33 bits per heavy atom. The minimum absolute atomic E-state index is 0.0765.